The van der Waals surface area contributed by atoms with E-state index in [9.17, 15) is 0 Å². The molecule has 1 aromatic rings. The molecule has 0 saturated heterocycles. The summed E-state index contributed by atoms with van der Waals surface area (Å²) < 4.78 is 0. The van der Waals surface area contributed by atoms with E-state index in [2.05, 4.69) is 50.4 Å². The Morgan fingerprint density at radius 3 is 2.44 bits per heavy atom. The van der Waals surface area contributed by atoms with Crippen LogP contribution >= 0.6 is 0 Å². The van der Waals surface area contributed by atoms with Gasteiger partial charge < -0.3 is 5.32 Å². The highest BCUT2D eigenvalue weighted by Crippen LogP contribution is 2.27. The van der Waals surface area contributed by atoms with Gasteiger partial charge in [-0.3, -0.25) is 0 Å². The SMILES string of the molecule is CC(C)(C)c1cccc(NC2CCCC2)c1. The Morgan fingerprint density at radius 2 is 1.81 bits per heavy atom. The minimum Gasteiger partial charge on any atom is -0.382 e. The number of rotatable bonds is 2. The molecule has 0 spiro atoms. The normalized spacial score (nSPS) is 17.7. The molecule has 1 saturated carbocycles. The Bertz CT molecular complexity index is 343. The largest absolute Gasteiger partial charge is 0.382 e. The molecule has 16 heavy (non-hydrogen) atoms. The van der Waals surface area contributed by atoms with Crippen LogP contribution in [0.15, 0.2) is 24.3 Å². The molecular weight excluding hydrogens is 194 g/mol. The average Bonchev–Trinajstić information content (AvgIpc) is 2.70. The van der Waals surface area contributed by atoms with Gasteiger partial charge in [-0.2, -0.15) is 0 Å². The van der Waals surface area contributed by atoms with E-state index in [0.29, 0.717) is 6.04 Å². The predicted octanol–water partition coefficient (Wildman–Crippen LogP) is 4.34. The summed E-state index contributed by atoms with van der Waals surface area (Å²) in [7, 11) is 0. The molecule has 88 valence electrons. The maximum Gasteiger partial charge on any atom is 0.0345 e. The Kier molecular flexibility index (Phi) is 3.22. The first kappa shape index (κ1) is 11.5. The van der Waals surface area contributed by atoms with E-state index >= 15 is 0 Å². The van der Waals surface area contributed by atoms with Gasteiger partial charge in [0.1, 0.15) is 0 Å². The van der Waals surface area contributed by atoms with Gasteiger partial charge in [0.2, 0.25) is 0 Å². The highest BCUT2D eigenvalue weighted by Gasteiger charge is 2.16. The van der Waals surface area contributed by atoms with Crippen LogP contribution in [0.3, 0.4) is 0 Å². The van der Waals surface area contributed by atoms with E-state index in [0.717, 1.165) is 0 Å². The summed E-state index contributed by atoms with van der Waals surface area (Å²) in [4.78, 5) is 0. The Balaban J connectivity index is 2.09. The third-order valence-corrected chi connectivity index (χ3v) is 3.45. The second-order valence-electron chi connectivity index (χ2n) is 5.96. The third kappa shape index (κ3) is 2.78. The van der Waals surface area contributed by atoms with Crippen LogP contribution in [0.1, 0.15) is 52.0 Å². The lowest BCUT2D eigenvalue weighted by Gasteiger charge is -2.21. The smallest absolute Gasteiger partial charge is 0.0345 e. The van der Waals surface area contributed by atoms with Gasteiger partial charge in [0, 0.05) is 11.7 Å². The molecule has 0 radical (unpaired) electrons. The van der Waals surface area contributed by atoms with Crippen molar-refractivity contribution >= 4 is 5.69 Å². The van der Waals surface area contributed by atoms with Crippen LogP contribution in [0.4, 0.5) is 5.69 Å². The fourth-order valence-electron chi connectivity index (χ4n) is 2.38. The summed E-state index contributed by atoms with van der Waals surface area (Å²) >= 11 is 0. The summed E-state index contributed by atoms with van der Waals surface area (Å²) in [5, 5.41) is 3.65. The zero-order valence-electron chi connectivity index (χ0n) is 10.7. The van der Waals surface area contributed by atoms with Crippen LogP contribution in [-0.4, -0.2) is 6.04 Å². The van der Waals surface area contributed by atoms with Crippen molar-refractivity contribution in [1.29, 1.82) is 0 Å². The summed E-state index contributed by atoms with van der Waals surface area (Å²) in [6.45, 7) is 6.80. The van der Waals surface area contributed by atoms with Crippen LogP contribution in [0.25, 0.3) is 0 Å². The number of nitrogens with one attached hydrogen (secondary N) is 1. The van der Waals surface area contributed by atoms with Crippen molar-refractivity contribution in [2.24, 2.45) is 0 Å². The van der Waals surface area contributed by atoms with Gasteiger partial charge in [-0.1, -0.05) is 45.7 Å². The molecule has 0 bridgehead atoms. The molecule has 0 amide bonds. The minimum absolute atomic E-state index is 0.243. The van der Waals surface area contributed by atoms with Crippen LogP contribution in [0.2, 0.25) is 0 Å². The lowest BCUT2D eigenvalue weighted by molar-refractivity contribution is 0.590. The molecular formula is C15H23N. The van der Waals surface area contributed by atoms with Gasteiger partial charge in [-0.15, -0.1) is 0 Å². The topological polar surface area (TPSA) is 12.0 Å². The zero-order chi connectivity index (χ0) is 11.6. The monoisotopic (exact) mass is 217 g/mol. The molecule has 1 aromatic carbocycles. The quantitative estimate of drug-likeness (QED) is 0.777. The van der Waals surface area contributed by atoms with Crippen molar-refractivity contribution in [3.05, 3.63) is 29.8 Å². The lowest BCUT2D eigenvalue weighted by atomic mass is 9.87. The van der Waals surface area contributed by atoms with E-state index in [1.165, 1.54) is 36.9 Å². The summed E-state index contributed by atoms with van der Waals surface area (Å²) in [5.41, 5.74) is 2.95. The first-order valence-corrected chi connectivity index (χ1v) is 6.43. The summed E-state index contributed by atoms with van der Waals surface area (Å²) in [6, 6.07) is 9.58. The van der Waals surface area contributed by atoms with Crippen molar-refractivity contribution in [3.63, 3.8) is 0 Å². The maximum absolute atomic E-state index is 3.65. The van der Waals surface area contributed by atoms with Crippen LogP contribution in [0.5, 0.6) is 0 Å². The van der Waals surface area contributed by atoms with Gasteiger partial charge in [0.15, 0.2) is 0 Å². The van der Waals surface area contributed by atoms with Crippen molar-refractivity contribution in [2.45, 2.75) is 57.9 Å². The Hall–Kier alpha value is -0.980. The van der Waals surface area contributed by atoms with Gasteiger partial charge in [0.05, 0.1) is 0 Å². The molecule has 1 heteroatoms. The molecule has 0 atom stereocenters. The van der Waals surface area contributed by atoms with Gasteiger partial charge in [-0.05, 0) is 36.0 Å². The van der Waals surface area contributed by atoms with Crippen molar-refractivity contribution in [3.8, 4) is 0 Å². The fraction of sp³-hybridized carbons (Fsp3) is 0.600. The molecule has 0 unspecified atom stereocenters. The summed E-state index contributed by atoms with van der Waals surface area (Å²) in [6.07, 6.45) is 5.44. The zero-order valence-corrected chi connectivity index (χ0v) is 10.7. The Morgan fingerprint density at radius 1 is 1.12 bits per heavy atom. The van der Waals surface area contributed by atoms with Crippen LogP contribution in [0, 0.1) is 0 Å². The maximum atomic E-state index is 3.65. The molecule has 0 aromatic heterocycles. The van der Waals surface area contributed by atoms with Crippen LogP contribution < -0.4 is 5.32 Å². The number of hydrogen-bond donors (Lipinski definition) is 1. The highest BCUT2D eigenvalue weighted by molar-refractivity contribution is 5.48. The first-order chi connectivity index (χ1) is 7.55. The number of benzene rings is 1. The third-order valence-electron chi connectivity index (χ3n) is 3.45. The molecule has 1 aliphatic rings. The number of hydrogen-bond acceptors (Lipinski definition) is 1. The molecule has 0 aliphatic heterocycles. The standard InChI is InChI=1S/C15H23N/c1-15(2,3)12-7-6-10-14(11-12)16-13-8-4-5-9-13/h6-7,10-11,13,16H,4-5,8-9H2,1-3H3. The van der Waals surface area contributed by atoms with Gasteiger partial charge in [0.25, 0.3) is 0 Å². The van der Waals surface area contributed by atoms with Gasteiger partial charge >= 0.3 is 0 Å². The fourth-order valence-corrected chi connectivity index (χ4v) is 2.38. The van der Waals surface area contributed by atoms with Crippen LogP contribution in [-0.2, 0) is 5.41 Å². The lowest BCUT2D eigenvalue weighted by Crippen LogP contribution is -2.16. The van der Waals surface area contributed by atoms with Crippen molar-refractivity contribution < 1.29 is 0 Å². The molecule has 1 nitrogen and oxygen atoms in total. The molecule has 0 heterocycles. The van der Waals surface area contributed by atoms with E-state index < -0.39 is 0 Å². The average molecular weight is 217 g/mol. The van der Waals surface area contributed by atoms with Gasteiger partial charge in [-0.25, -0.2) is 0 Å². The molecule has 1 aliphatic carbocycles. The summed E-state index contributed by atoms with van der Waals surface area (Å²) in [5.74, 6) is 0. The molecule has 1 N–H and O–H groups in total. The Labute approximate surface area is 99.3 Å². The second kappa shape index (κ2) is 4.48. The van der Waals surface area contributed by atoms with Crippen molar-refractivity contribution in [2.75, 3.05) is 5.32 Å². The van der Waals surface area contributed by atoms with E-state index in [4.69, 9.17) is 0 Å². The first-order valence-electron chi connectivity index (χ1n) is 6.43. The molecule has 1 fully saturated rings. The second-order valence-corrected chi connectivity index (χ2v) is 5.96. The van der Waals surface area contributed by atoms with E-state index in [1.807, 2.05) is 0 Å². The van der Waals surface area contributed by atoms with E-state index in [1.54, 1.807) is 0 Å². The van der Waals surface area contributed by atoms with E-state index in [-0.39, 0.29) is 5.41 Å². The van der Waals surface area contributed by atoms with Crippen molar-refractivity contribution in [1.82, 2.24) is 0 Å². The number of anilines is 1. The minimum atomic E-state index is 0.243. The molecule has 2 rings (SSSR count). The predicted molar refractivity (Wildman–Crippen MR) is 71.0 cm³/mol. The highest BCUT2D eigenvalue weighted by atomic mass is 14.9.